The second-order valence-electron chi connectivity index (χ2n) is 7.50. The van der Waals surface area contributed by atoms with E-state index in [1.165, 1.54) is 12.1 Å². The van der Waals surface area contributed by atoms with Crippen molar-refractivity contribution in [2.45, 2.75) is 44.9 Å². The van der Waals surface area contributed by atoms with Crippen LogP contribution in [0.1, 0.15) is 24.8 Å². The largest absolute Gasteiger partial charge is 0.391 e. The lowest BCUT2D eigenvalue weighted by atomic mass is 9.97. The van der Waals surface area contributed by atoms with Gasteiger partial charge in [-0.25, -0.2) is 9.37 Å². The van der Waals surface area contributed by atoms with Gasteiger partial charge in [-0.1, -0.05) is 18.2 Å². The molecule has 3 aromatic rings. The number of fused-ring (bicyclic) bond motifs is 1. The Labute approximate surface area is 163 Å². The third-order valence-corrected chi connectivity index (χ3v) is 5.52. The Morgan fingerprint density at radius 1 is 1.36 bits per heavy atom. The quantitative estimate of drug-likeness (QED) is 0.712. The summed E-state index contributed by atoms with van der Waals surface area (Å²) >= 11 is 0. The van der Waals surface area contributed by atoms with Crippen LogP contribution in [0.2, 0.25) is 0 Å². The minimum atomic E-state index is -0.465. The van der Waals surface area contributed by atoms with Crippen molar-refractivity contribution in [3.8, 4) is 11.1 Å². The first-order valence-corrected chi connectivity index (χ1v) is 9.66. The fourth-order valence-electron chi connectivity index (χ4n) is 4.01. The van der Waals surface area contributed by atoms with E-state index in [1.807, 2.05) is 29.7 Å². The number of imidazole rings is 1. The van der Waals surface area contributed by atoms with Gasteiger partial charge in [0.15, 0.2) is 5.78 Å². The molecule has 1 fully saturated rings. The Balaban J connectivity index is 1.56. The van der Waals surface area contributed by atoms with Gasteiger partial charge in [-0.2, -0.15) is 0 Å². The lowest BCUT2D eigenvalue weighted by molar-refractivity contribution is -0.121. The van der Waals surface area contributed by atoms with Crippen LogP contribution in [0.4, 0.5) is 4.39 Å². The molecule has 2 atom stereocenters. The predicted octanol–water partition coefficient (Wildman–Crippen LogP) is 3.22. The molecule has 4 rings (SSSR count). The highest BCUT2D eigenvalue weighted by molar-refractivity contribution is 5.88. The van der Waals surface area contributed by atoms with Gasteiger partial charge in [0.1, 0.15) is 5.82 Å². The minimum absolute atomic E-state index is 0.0598. The van der Waals surface area contributed by atoms with Crippen LogP contribution in [0.25, 0.3) is 22.2 Å². The Bertz CT molecular complexity index is 1010. The third kappa shape index (κ3) is 3.70. The van der Waals surface area contributed by atoms with Crippen LogP contribution in [-0.2, 0) is 11.3 Å². The van der Waals surface area contributed by atoms with E-state index in [-0.39, 0.29) is 24.2 Å². The van der Waals surface area contributed by atoms with Crippen LogP contribution < -0.4 is 5.32 Å². The van der Waals surface area contributed by atoms with Crippen molar-refractivity contribution in [1.29, 1.82) is 0 Å². The monoisotopic (exact) mass is 381 g/mol. The number of rotatable bonds is 5. The summed E-state index contributed by atoms with van der Waals surface area (Å²) in [5, 5.41) is 13.3. The molecule has 0 radical (unpaired) electrons. The van der Waals surface area contributed by atoms with Crippen molar-refractivity contribution in [2.24, 2.45) is 0 Å². The molecule has 6 heteroatoms. The normalized spacial score (nSPS) is 19.8. The molecule has 0 spiro atoms. The summed E-state index contributed by atoms with van der Waals surface area (Å²) in [4.78, 5) is 17.0. The van der Waals surface area contributed by atoms with Crippen molar-refractivity contribution in [3.63, 3.8) is 0 Å². The van der Waals surface area contributed by atoms with Gasteiger partial charge in [-0.15, -0.1) is 0 Å². The molecule has 1 aromatic heterocycles. The molecule has 0 aliphatic carbocycles. The van der Waals surface area contributed by atoms with Crippen molar-refractivity contribution in [2.75, 3.05) is 6.54 Å². The number of nitrogens with one attached hydrogen (secondary N) is 1. The van der Waals surface area contributed by atoms with Crippen LogP contribution in [-0.4, -0.2) is 39.1 Å². The number of aryl methyl sites for hydroxylation is 1. The average molecular weight is 381 g/mol. The van der Waals surface area contributed by atoms with Crippen LogP contribution in [0.15, 0.2) is 42.7 Å². The minimum Gasteiger partial charge on any atom is -0.391 e. The molecular formula is C22H24FN3O2. The fourth-order valence-corrected chi connectivity index (χ4v) is 4.01. The molecule has 1 saturated heterocycles. The summed E-state index contributed by atoms with van der Waals surface area (Å²) < 4.78 is 15.4. The van der Waals surface area contributed by atoms with E-state index >= 15 is 0 Å². The SMILES string of the molecule is Cc1c(-c2cccc(F)c2)ccc2c1ncn2CC(=O)CC1NCCCC1O. The summed E-state index contributed by atoms with van der Waals surface area (Å²) in [6, 6.07) is 10.2. The van der Waals surface area contributed by atoms with E-state index in [1.54, 1.807) is 12.4 Å². The molecule has 2 unspecified atom stereocenters. The number of carbonyl (C=O) groups is 1. The molecule has 1 aliphatic heterocycles. The number of hydrogen-bond acceptors (Lipinski definition) is 4. The van der Waals surface area contributed by atoms with Gasteiger partial charge in [0.05, 0.1) is 30.0 Å². The van der Waals surface area contributed by atoms with E-state index in [9.17, 15) is 14.3 Å². The number of nitrogens with zero attached hydrogens (tertiary/aromatic N) is 2. The van der Waals surface area contributed by atoms with Crippen molar-refractivity contribution >= 4 is 16.8 Å². The summed E-state index contributed by atoms with van der Waals surface area (Å²) in [5.74, 6) is -0.212. The van der Waals surface area contributed by atoms with Crippen LogP contribution in [0.3, 0.4) is 0 Å². The highest BCUT2D eigenvalue weighted by atomic mass is 19.1. The summed E-state index contributed by atoms with van der Waals surface area (Å²) in [6.07, 6.45) is 3.19. The van der Waals surface area contributed by atoms with Crippen molar-refractivity contribution in [3.05, 3.63) is 54.1 Å². The zero-order valence-corrected chi connectivity index (χ0v) is 15.9. The van der Waals surface area contributed by atoms with Crippen molar-refractivity contribution in [1.82, 2.24) is 14.9 Å². The highest BCUT2D eigenvalue weighted by Gasteiger charge is 2.25. The molecule has 1 aliphatic rings. The summed E-state index contributed by atoms with van der Waals surface area (Å²) in [7, 11) is 0. The van der Waals surface area contributed by atoms with E-state index < -0.39 is 6.10 Å². The van der Waals surface area contributed by atoms with E-state index in [2.05, 4.69) is 10.3 Å². The Morgan fingerprint density at radius 3 is 3.00 bits per heavy atom. The molecule has 2 N–H and O–H groups in total. The number of hydrogen-bond donors (Lipinski definition) is 2. The number of aliphatic hydroxyl groups excluding tert-OH is 1. The Morgan fingerprint density at radius 2 is 2.21 bits per heavy atom. The standard InChI is InChI=1S/C22H24FN3O2/c1-14-18(15-4-2-5-16(23)10-15)7-8-20-22(14)25-13-26(20)12-17(27)11-19-21(28)6-3-9-24-19/h2,4-5,7-8,10,13,19,21,24,28H,3,6,9,11-12H2,1H3. The Hall–Kier alpha value is -2.57. The molecule has 0 amide bonds. The smallest absolute Gasteiger partial charge is 0.154 e. The maximum absolute atomic E-state index is 13.6. The lowest BCUT2D eigenvalue weighted by Crippen LogP contribution is -2.46. The van der Waals surface area contributed by atoms with Gasteiger partial charge in [-0.3, -0.25) is 4.79 Å². The van der Waals surface area contributed by atoms with Crippen LogP contribution >= 0.6 is 0 Å². The third-order valence-electron chi connectivity index (χ3n) is 5.52. The molecule has 2 heterocycles. The fraction of sp³-hybridized carbons (Fsp3) is 0.364. The summed E-state index contributed by atoms with van der Waals surface area (Å²) in [6.45, 7) is 3.02. The molecule has 28 heavy (non-hydrogen) atoms. The van der Waals surface area contributed by atoms with E-state index in [4.69, 9.17) is 0 Å². The first-order valence-electron chi connectivity index (χ1n) is 9.66. The number of carbonyl (C=O) groups excluding carboxylic acids is 1. The number of piperidine rings is 1. The molecule has 0 saturated carbocycles. The second kappa shape index (κ2) is 7.81. The van der Waals surface area contributed by atoms with E-state index in [0.717, 1.165) is 47.1 Å². The Kier molecular flexibility index (Phi) is 5.24. The number of Topliss-reactive ketones (excluding diaryl/α,β-unsaturated/α-hetero) is 1. The molecule has 0 bridgehead atoms. The maximum atomic E-state index is 13.6. The highest BCUT2D eigenvalue weighted by Crippen LogP contribution is 2.29. The molecule has 2 aromatic carbocycles. The van der Waals surface area contributed by atoms with Gasteiger partial charge in [-0.05, 0) is 61.2 Å². The van der Waals surface area contributed by atoms with Crippen LogP contribution in [0.5, 0.6) is 0 Å². The van der Waals surface area contributed by atoms with Gasteiger partial charge in [0, 0.05) is 12.5 Å². The number of aromatic nitrogens is 2. The lowest BCUT2D eigenvalue weighted by Gasteiger charge is -2.28. The summed E-state index contributed by atoms with van der Waals surface area (Å²) in [5.41, 5.74) is 4.38. The van der Waals surface area contributed by atoms with Gasteiger partial charge in [0.2, 0.25) is 0 Å². The second-order valence-corrected chi connectivity index (χ2v) is 7.50. The van der Waals surface area contributed by atoms with Gasteiger partial charge < -0.3 is 15.0 Å². The number of benzene rings is 2. The topological polar surface area (TPSA) is 67.2 Å². The van der Waals surface area contributed by atoms with Gasteiger partial charge >= 0.3 is 0 Å². The van der Waals surface area contributed by atoms with Crippen molar-refractivity contribution < 1.29 is 14.3 Å². The first-order chi connectivity index (χ1) is 13.5. The molecular weight excluding hydrogens is 357 g/mol. The molecule has 146 valence electrons. The van der Waals surface area contributed by atoms with Gasteiger partial charge in [0.25, 0.3) is 0 Å². The molecule has 5 nitrogen and oxygen atoms in total. The number of aliphatic hydroxyl groups is 1. The average Bonchev–Trinajstić information content (AvgIpc) is 3.07. The predicted molar refractivity (Wildman–Crippen MR) is 107 cm³/mol. The van der Waals surface area contributed by atoms with Crippen LogP contribution in [0, 0.1) is 12.7 Å². The van der Waals surface area contributed by atoms with E-state index in [0.29, 0.717) is 6.42 Å². The zero-order chi connectivity index (χ0) is 19.7. The maximum Gasteiger partial charge on any atom is 0.154 e. The number of ketones is 1. The zero-order valence-electron chi connectivity index (χ0n) is 15.9. The number of halogens is 1. The first kappa shape index (κ1) is 18.8.